The second-order valence-corrected chi connectivity index (χ2v) is 3.53. The molecule has 0 radical (unpaired) electrons. The summed E-state index contributed by atoms with van der Waals surface area (Å²) in [4.78, 5) is 11.1. The number of carbonyl (C=O) groups excluding carboxylic acids is 1. The first-order valence-electron chi connectivity index (χ1n) is 4.33. The lowest BCUT2D eigenvalue weighted by Crippen LogP contribution is -2.27. The molecule has 0 aromatic rings. The van der Waals surface area contributed by atoms with Crippen LogP contribution in [0, 0.1) is 5.92 Å². The van der Waals surface area contributed by atoms with Gasteiger partial charge >= 0.3 is 5.97 Å². The van der Waals surface area contributed by atoms with Crippen LogP contribution in [0.15, 0.2) is 11.6 Å². The highest BCUT2D eigenvalue weighted by Gasteiger charge is 2.53. The fourth-order valence-corrected chi connectivity index (χ4v) is 1.89. The minimum atomic E-state index is -2.82. The predicted octanol–water partition coefficient (Wildman–Crippen LogP) is 1.14. The Kier molecular flexibility index (Phi) is 2.06. The van der Waals surface area contributed by atoms with Crippen LogP contribution in [-0.2, 0) is 14.3 Å². The van der Waals surface area contributed by atoms with Gasteiger partial charge in [-0.2, -0.15) is 0 Å². The number of halogens is 2. The number of hydrogen-bond acceptors (Lipinski definition) is 3. The van der Waals surface area contributed by atoms with Gasteiger partial charge in [0, 0.05) is 5.57 Å². The number of ether oxygens (including phenoxy) is 2. The third-order valence-corrected chi connectivity index (χ3v) is 2.66. The van der Waals surface area contributed by atoms with Gasteiger partial charge in [-0.1, -0.05) is 0 Å². The lowest BCUT2D eigenvalue weighted by Gasteiger charge is -2.14. The largest absolute Gasteiger partial charge is 0.466 e. The van der Waals surface area contributed by atoms with Crippen molar-refractivity contribution in [3.8, 4) is 0 Å². The van der Waals surface area contributed by atoms with Crippen LogP contribution >= 0.6 is 0 Å². The number of hydrogen-bond donors (Lipinski definition) is 0. The van der Waals surface area contributed by atoms with Gasteiger partial charge in [0.2, 0.25) is 0 Å². The molecular weight excluding hydrogens is 194 g/mol. The predicted molar refractivity (Wildman–Crippen MR) is 42.9 cm³/mol. The highest BCUT2D eigenvalue weighted by molar-refractivity contribution is 5.89. The summed E-state index contributed by atoms with van der Waals surface area (Å²) >= 11 is 0. The molecule has 1 aliphatic heterocycles. The Morgan fingerprint density at radius 1 is 1.71 bits per heavy atom. The number of rotatable bonds is 1. The van der Waals surface area contributed by atoms with Crippen molar-refractivity contribution in [2.45, 2.75) is 18.4 Å². The molecular formula is C9H10F2O3. The normalized spacial score (nSPS) is 33.8. The molecule has 2 rings (SSSR count). The van der Waals surface area contributed by atoms with Gasteiger partial charge in [0.05, 0.1) is 19.1 Å². The van der Waals surface area contributed by atoms with Crippen LogP contribution in [-0.4, -0.2) is 31.7 Å². The molecule has 0 aromatic carbocycles. The molecule has 0 amide bonds. The first kappa shape index (κ1) is 9.58. The zero-order chi connectivity index (χ0) is 10.3. The van der Waals surface area contributed by atoms with Crippen LogP contribution in [0.4, 0.5) is 8.78 Å². The van der Waals surface area contributed by atoms with Crippen molar-refractivity contribution in [1.29, 1.82) is 0 Å². The highest BCUT2D eigenvalue weighted by Crippen LogP contribution is 2.44. The summed E-state index contributed by atoms with van der Waals surface area (Å²) in [7, 11) is 1.23. The van der Waals surface area contributed by atoms with E-state index in [9.17, 15) is 13.6 Å². The molecule has 0 saturated carbocycles. The standard InChI is InChI=1S/C9H10F2O3/c1-13-8(12)5-2-6-7(3-5)14-4-9(6,10)11/h3,6-7H,2,4H2,1H3/t6-,7+/m1/s1. The first-order valence-corrected chi connectivity index (χ1v) is 4.33. The van der Waals surface area contributed by atoms with Gasteiger partial charge in [0.25, 0.3) is 5.92 Å². The molecule has 1 heterocycles. The number of esters is 1. The van der Waals surface area contributed by atoms with Crippen LogP contribution < -0.4 is 0 Å². The quantitative estimate of drug-likeness (QED) is 0.601. The Hall–Kier alpha value is -0.970. The zero-order valence-corrected chi connectivity index (χ0v) is 7.63. The third-order valence-electron chi connectivity index (χ3n) is 2.66. The Bertz CT molecular complexity index is 298. The second-order valence-electron chi connectivity index (χ2n) is 3.53. The molecule has 0 bridgehead atoms. The molecule has 78 valence electrons. The molecule has 1 saturated heterocycles. The van der Waals surface area contributed by atoms with Crippen molar-refractivity contribution >= 4 is 5.97 Å². The molecule has 1 aliphatic carbocycles. The third kappa shape index (κ3) is 1.32. The highest BCUT2D eigenvalue weighted by atomic mass is 19.3. The van der Waals surface area contributed by atoms with Gasteiger partial charge < -0.3 is 9.47 Å². The van der Waals surface area contributed by atoms with Gasteiger partial charge in [-0.25, -0.2) is 13.6 Å². The van der Waals surface area contributed by atoms with E-state index in [0.717, 1.165) is 0 Å². The Morgan fingerprint density at radius 3 is 3.00 bits per heavy atom. The van der Waals surface area contributed by atoms with Crippen LogP contribution in [0.5, 0.6) is 0 Å². The summed E-state index contributed by atoms with van der Waals surface area (Å²) in [6.07, 6.45) is 0.862. The van der Waals surface area contributed by atoms with E-state index < -0.39 is 30.5 Å². The summed E-state index contributed by atoms with van der Waals surface area (Å²) < 4.78 is 35.6. The monoisotopic (exact) mass is 204 g/mol. The maximum absolute atomic E-state index is 13.1. The summed E-state index contributed by atoms with van der Waals surface area (Å²) in [5.41, 5.74) is 0.293. The molecule has 3 nitrogen and oxygen atoms in total. The molecule has 0 aromatic heterocycles. The van der Waals surface area contributed by atoms with Crippen molar-refractivity contribution < 1.29 is 23.0 Å². The summed E-state index contributed by atoms with van der Waals surface area (Å²) in [6, 6.07) is 0. The van der Waals surface area contributed by atoms with E-state index in [2.05, 4.69) is 4.74 Å². The summed E-state index contributed by atoms with van der Waals surface area (Å²) in [6.45, 7) is -0.548. The van der Waals surface area contributed by atoms with Crippen molar-refractivity contribution in [2.24, 2.45) is 5.92 Å². The molecule has 0 spiro atoms. The second kappa shape index (κ2) is 3.02. The minimum absolute atomic E-state index is 0.0460. The zero-order valence-electron chi connectivity index (χ0n) is 7.63. The number of alkyl halides is 2. The maximum Gasteiger partial charge on any atom is 0.333 e. The van der Waals surface area contributed by atoms with Gasteiger partial charge in [-0.15, -0.1) is 0 Å². The number of fused-ring (bicyclic) bond motifs is 1. The average Bonchev–Trinajstić information content (AvgIpc) is 2.67. The number of carbonyl (C=O) groups is 1. The van der Waals surface area contributed by atoms with Crippen molar-refractivity contribution in [3.63, 3.8) is 0 Å². The van der Waals surface area contributed by atoms with Crippen LogP contribution in [0.1, 0.15) is 6.42 Å². The lowest BCUT2D eigenvalue weighted by molar-refractivity contribution is -0.136. The molecule has 0 N–H and O–H groups in total. The first-order chi connectivity index (χ1) is 6.54. The topological polar surface area (TPSA) is 35.5 Å². The van der Waals surface area contributed by atoms with Gasteiger partial charge in [-0.3, -0.25) is 0 Å². The van der Waals surface area contributed by atoms with E-state index in [1.165, 1.54) is 13.2 Å². The SMILES string of the molecule is COC(=O)C1=C[C@@H]2OCC(F)(F)[C@@H]2C1. The smallest absolute Gasteiger partial charge is 0.333 e. The van der Waals surface area contributed by atoms with Crippen molar-refractivity contribution in [1.82, 2.24) is 0 Å². The minimum Gasteiger partial charge on any atom is -0.466 e. The lowest BCUT2D eigenvalue weighted by atomic mass is 9.99. The van der Waals surface area contributed by atoms with Crippen LogP contribution in [0.2, 0.25) is 0 Å². The number of methoxy groups -OCH3 is 1. The van der Waals surface area contributed by atoms with E-state index in [4.69, 9.17) is 4.74 Å². The van der Waals surface area contributed by atoms with E-state index in [-0.39, 0.29) is 6.42 Å². The van der Waals surface area contributed by atoms with Crippen molar-refractivity contribution in [3.05, 3.63) is 11.6 Å². The average molecular weight is 204 g/mol. The summed E-state index contributed by atoms with van der Waals surface area (Å²) in [5.74, 6) is -4.26. The van der Waals surface area contributed by atoms with E-state index in [1.54, 1.807) is 0 Å². The van der Waals surface area contributed by atoms with Gasteiger partial charge in [-0.05, 0) is 12.5 Å². The van der Waals surface area contributed by atoms with E-state index >= 15 is 0 Å². The van der Waals surface area contributed by atoms with Crippen molar-refractivity contribution in [2.75, 3.05) is 13.7 Å². The van der Waals surface area contributed by atoms with Gasteiger partial charge in [0.15, 0.2) is 0 Å². The molecule has 2 atom stereocenters. The molecule has 14 heavy (non-hydrogen) atoms. The molecule has 1 fully saturated rings. The van der Waals surface area contributed by atoms with Crippen LogP contribution in [0.25, 0.3) is 0 Å². The summed E-state index contributed by atoms with van der Waals surface area (Å²) in [5, 5.41) is 0. The fourth-order valence-electron chi connectivity index (χ4n) is 1.89. The molecule has 0 unspecified atom stereocenters. The molecule has 5 heteroatoms. The Labute approximate surface area is 79.7 Å². The fraction of sp³-hybridized carbons (Fsp3) is 0.667. The van der Waals surface area contributed by atoms with Crippen LogP contribution in [0.3, 0.4) is 0 Å². The maximum atomic E-state index is 13.1. The Morgan fingerprint density at radius 2 is 2.43 bits per heavy atom. The van der Waals surface area contributed by atoms with E-state index in [1.807, 2.05) is 0 Å². The van der Waals surface area contributed by atoms with Gasteiger partial charge in [0.1, 0.15) is 6.61 Å². The molecule has 2 aliphatic rings. The Balaban J connectivity index is 2.14. The van der Waals surface area contributed by atoms with E-state index in [0.29, 0.717) is 5.57 Å².